The van der Waals surface area contributed by atoms with E-state index in [2.05, 4.69) is 0 Å². The van der Waals surface area contributed by atoms with Gasteiger partial charge in [-0.1, -0.05) is 54.1 Å². The molecule has 0 saturated carbocycles. The van der Waals surface area contributed by atoms with Crippen molar-refractivity contribution in [2.45, 2.75) is 25.2 Å². The van der Waals surface area contributed by atoms with Gasteiger partial charge in [-0.05, 0) is 31.4 Å². The number of nitrogens with zero attached hydrogens (tertiary/aromatic N) is 1. The minimum atomic E-state index is -0.768. The Kier molecular flexibility index (Phi) is 3.99. The molecule has 0 N–H and O–H groups in total. The highest BCUT2D eigenvalue weighted by Crippen LogP contribution is 2.45. The van der Waals surface area contributed by atoms with Crippen LogP contribution in [0.1, 0.15) is 24.5 Å². The van der Waals surface area contributed by atoms with Gasteiger partial charge in [0.2, 0.25) is 0 Å². The van der Waals surface area contributed by atoms with Gasteiger partial charge in [0, 0.05) is 11.6 Å². The molecular formula is C20H17NO2. The fourth-order valence-corrected chi connectivity index (χ4v) is 3.24. The third-order valence-electron chi connectivity index (χ3n) is 4.24. The van der Waals surface area contributed by atoms with E-state index in [4.69, 9.17) is 10.00 Å². The molecule has 0 fully saturated rings. The molecule has 114 valence electrons. The fraction of sp³-hybridized carbons (Fsp3) is 0.200. The fourth-order valence-electron chi connectivity index (χ4n) is 3.24. The molecule has 0 unspecified atom stereocenters. The molecule has 0 saturated heterocycles. The molecule has 0 aliphatic carbocycles. The lowest BCUT2D eigenvalue weighted by atomic mass is 9.72. The lowest BCUT2D eigenvalue weighted by Crippen LogP contribution is -2.36. The van der Waals surface area contributed by atoms with E-state index in [9.17, 15) is 4.79 Å². The van der Waals surface area contributed by atoms with Crippen LogP contribution in [0.5, 0.6) is 5.75 Å². The Bertz CT molecular complexity index is 802. The van der Waals surface area contributed by atoms with Crippen molar-refractivity contribution >= 4 is 5.97 Å². The van der Waals surface area contributed by atoms with Crippen molar-refractivity contribution in [2.24, 2.45) is 0 Å². The van der Waals surface area contributed by atoms with E-state index >= 15 is 0 Å². The minimum absolute atomic E-state index is 0.242. The lowest BCUT2D eigenvalue weighted by molar-refractivity contribution is -0.138. The molecule has 3 nitrogen and oxygen atoms in total. The molecule has 1 aliphatic rings. The largest absolute Gasteiger partial charge is 0.426 e. The number of para-hydroxylation sites is 1. The summed E-state index contributed by atoms with van der Waals surface area (Å²) >= 11 is 0. The maximum absolute atomic E-state index is 12.8. The molecule has 0 bridgehead atoms. The second-order valence-corrected chi connectivity index (χ2v) is 5.93. The van der Waals surface area contributed by atoms with Crippen LogP contribution in [0.2, 0.25) is 0 Å². The van der Waals surface area contributed by atoms with E-state index in [1.54, 1.807) is 0 Å². The summed E-state index contributed by atoms with van der Waals surface area (Å²) in [6.45, 7) is 1.88. The van der Waals surface area contributed by atoms with Crippen molar-refractivity contribution in [3.8, 4) is 11.8 Å². The molecule has 3 heteroatoms. The van der Waals surface area contributed by atoms with Crippen LogP contribution in [0, 0.1) is 11.3 Å². The molecule has 23 heavy (non-hydrogen) atoms. The van der Waals surface area contributed by atoms with Crippen LogP contribution in [0.3, 0.4) is 0 Å². The number of allylic oxidation sites excluding steroid dienone is 2. The first-order chi connectivity index (χ1) is 11.2. The zero-order chi connectivity index (χ0) is 16.3. The molecule has 3 rings (SSSR count). The number of benzene rings is 2. The molecule has 0 spiro atoms. The van der Waals surface area contributed by atoms with E-state index in [1.165, 1.54) is 6.08 Å². The summed E-state index contributed by atoms with van der Waals surface area (Å²) in [4.78, 5) is 12.8. The van der Waals surface area contributed by atoms with Crippen LogP contribution in [0.4, 0.5) is 0 Å². The van der Waals surface area contributed by atoms with Gasteiger partial charge in [0.05, 0.1) is 6.07 Å². The highest BCUT2D eigenvalue weighted by molar-refractivity contribution is 5.91. The molecular weight excluding hydrogens is 286 g/mol. The van der Waals surface area contributed by atoms with Gasteiger partial charge >= 0.3 is 5.97 Å². The third-order valence-corrected chi connectivity index (χ3v) is 4.24. The molecule has 1 atom stereocenters. The molecule has 2 aromatic carbocycles. The molecule has 0 radical (unpaired) electrons. The van der Waals surface area contributed by atoms with Crippen molar-refractivity contribution in [3.63, 3.8) is 0 Å². The Labute approximate surface area is 135 Å². The topological polar surface area (TPSA) is 50.1 Å². The first kappa shape index (κ1) is 15.1. The zero-order valence-corrected chi connectivity index (χ0v) is 13.0. The summed E-state index contributed by atoms with van der Waals surface area (Å²) in [5.41, 5.74) is 2.08. The molecule has 1 heterocycles. The van der Waals surface area contributed by atoms with Gasteiger partial charge in [-0.2, -0.15) is 5.26 Å². The number of rotatable bonds is 4. The van der Waals surface area contributed by atoms with Crippen LogP contribution in [0.15, 0.2) is 66.2 Å². The first-order valence-electron chi connectivity index (χ1n) is 7.57. The quantitative estimate of drug-likeness (QED) is 0.488. The predicted molar refractivity (Wildman–Crippen MR) is 87.9 cm³/mol. The van der Waals surface area contributed by atoms with E-state index < -0.39 is 5.41 Å². The van der Waals surface area contributed by atoms with Gasteiger partial charge < -0.3 is 4.74 Å². The average molecular weight is 303 g/mol. The minimum Gasteiger partial charge on any atom is -0.426 e. The Morgan fingerprint density at radius 2 is 1.87 bits per heavy atom. The Hall–Kier alpha value is -2.86. The Morgan fingerprint density at radius 3 is 2.61 bits per heavy atom. The first-order valence-corrected chi connectivity index (χ1v) is 7.57. The standard InChI is InChI=1S/C20H17NO2/c1-15(11-12-21)13-20(14-16-7-3-2-4-8-16)17-9-5-6-10-18(17)23-19(20)22/h2-11H,13-14H2,1H3/b15-11+/t20-/m0/s1. The summed E-state index contributed by atoms with van der Waals surface area (Å²) in [6, 6.07) is 19.5. The van der Waals surface area contributed by atoms with Crippen LogP contribution >= 0.6 is 0 Å². The summed E-state index contributed by atoms with van der Waals surface area (Å²) in [5, 5.41) is 8.90. The van der Waals surface area contributed by atoms with E-state index in [0.29, 0.717) is 18.6 Å². The number of carbonyl (C=O) groups excluding carboxylic acids is 1. The maximum atomic E-state index is 12.8. The number of ether oxygens (including phenoxy) is 1. The Morgan fingerprint density at radius 1 is 1.17 bits per heavy atom. The molecule has 2 aromatic rings. The SMILES string of the molecule is C/C(=C\C#N)C[C@@]1(Cc2ccccc2)C(=O)Oc2ccccc21. The second kappa shape index (κ2) is 6.10. The van der Waals surface area contributed by atoms with Gasteiger partial charge in [-0.15, -0.1) is 0 Å². The van der Waals surface area contributed by atoms with Gasteiger partial charge in [0.25, 0.3) is 0 Å². The highest BCUT2D eigenvalue weighted by atomic mass is 16.5. The average Bonchev–Trinajstić information content (AvgIpc) is 2.81. The number of hydrogen-bond donors (Lipinski definition) is 0. The van der Waals surface area contributed by atoms with E-state index in [1.807, 2.05) is 67.6 Å². The van der Waals surface area contributed by atoms with Crippen molar-refractivity contribution in [3.05, 3.63) is 77.4 Å². The zero-order valence-electron chi connectivity index (χ0n) is 13.0. The van der Waals surface area contributed by atoms with E-state index in [-0.39, 0.29) is 5.97 Å². The number of carbonyl (C=O) groups is 1. The smallest absolute Gasteiger partial charge is 0.322 e. The maximum Gasteiger partial charge on any atom is 0.322 e. The van der Waals surface area contributed by atoms with Gasteiger partial charge in [0.15, 0.2) is 0 Å². The lowest BCUT2D eigenvalue weighted by Gasteiger charge is -2.26. The number of nitriles is 1. The monoisotopic (exact) mass is 303 g/mol. The normalized spacial score (nSPS) is 19.8. The summed E-state index contributed by atoms with van der Waals surface area (Å²) < 4.78 is 5.52. The second-order valence-electron chi connectivity index (χ2n) is 5.93. The summed E-state index contributed by atoms with van der Waals surface area (Å²) in [6.07, 6.45) is 2.53. The van der Waals surface area contributed by atoms with Crippen LogP contribution in [-0.4, -0.2) is 5.97 Å². The van der Waals surface area contributed by atoms with Gasteiger partial charge in [-0.25, -0.2) is 0 Å². The van der Waals surface area contributed by atoms with Crippen LogP contribution < -0.4 is 4.74 Å². The third kappa shape index (κ3) is 2.76. The number of hydrogen-bond acceptors (Lipinski definition) is 3. The summed E-state index contributed by atoms with van der Waals surface area (Å²) in [7, 11) is 0. The van der Waals surface area contributed by atoms with Gasteiger partial charge in [0.1, 0.15) is 11.2 Å². The van der Waals surface area contributed by atoms with Crippen molar-refractivity contribution in [1.29, 1.82) is 5.26 Å². The molecule has 1 aliphatic heterocycles. The van der Waals surface area contributed by atoms with Crippen molar-refractivity contribution in [1.82, 2.24) is 0 Å². The Balaban J connectivity index is 2.09. The van der Waals surface area contributed by atoms with Crippen LogP contribution in [0.25, 0.3) is 0 Å². The molecule has 0 aromatic heterocycles. The number of esters is 1. The van der Waals surface area contributed by atoms with Crippen LogP contribution in [-0.2, 0) is 16.6 Å². The van der Waals surface area contributed by atoms with E-state index in [0.717, 1.165) is 16.7 Å². The van der Waals surface area contributed by atoms with Crippen molar-refractivity contribution in [2.75, 3.05) is 0 Å². The number of fused-ring (bicyclic) bond motifs is 1. The highest BCUT2D eigenvalue weighted by Gasteiger charge is 2.48. The predicted octanol–water partition coefficient (Wildman–Crippen LogP) is 3.95. The molecule has 0 amide bonds. The van der Waals surface area contributed by atoms with Crippen molar-refractivity contribution < 1.29 is 9.53 Å². The van der Waals surface area contributed by atoms with Gasteiger partial charge in [-0.3, -0.25) is 4.79 Å². The summed E-state index contributed by atoms with van der Waals surface area (Å²) in [5.74, 6) is 0.381.